The van der Waals surface area contributed by atoms with E-state index in [1.54, 1.807) is 0 Å². The zero-order chi connectivity index (χ0) is 13.8. The molecule has 1 aromatic rings. The van der Waals surface area contributed by atoms with Crippen molar-refractivity contribution in [1.29, 1.82) is 0 Å². The molecule has 0 unspecified atom stereocenters. The Morgan fingerprint density at radius 1 is 0.944 bits per heavy atom. The number of hydrogen-bond donors (Lipinski definition) is 0. The van der Waals surface area contributed by atoms with E-state index in [1.165, 1.54) is 5.56 Å². The van der Waals surface area contributed by atoms with Crippen molar-refractivity contribution in [3.05, 3.63) is 35.9 Å². The molecule has 0 N–H and O–H groups in total. The van der Waals surface area contributed by atoms with Crippen LogP contribution >= 0.6 is 0 Å². The molecule has 0 radical (unpaired) electrons. The van der Waals surface area contributed by atoms with Gasteiger partial charge in [-0.25, -0.2) is 0 Å². The molecule has 0 aliphatic heterocycles. The molecule has 1 nitrogen and oxygen atoms in total. The molecule has 0 saturated carbocycles. The largest absolute Gasteiger partial charge is 0.488 e. The average Bonchev–Trinajstić information content (AvgIpc) is 2.16. The molecule has 0 fully saturated rings. The van der Waals surface area contributed by atoms with Crippen LogP contribution in [0.15, 0.2) is 30.3 Å². The summed E-state index contributed by atoms with van der Waals surface area (Å²) in [5.74, 6) is 0.926. The van der Waals surface area contributed by atoms with Crippen LogP contribution in [0.1, 0.15) is 53.5 Å². The van der Waals surface area contributed by atoms with Gasteiger partial charge in [-0.1, -0.05) is 45.1 Å². The lowest BCUT2D eigenvalue weighted by Crippen LogP contribution is -2.22. The van der Waals surface area contributed by atoms with Crippen LogP contribution in [-0.2, 0) is 0 Å². The maximum Gasteiger partial charge on any atom is 0.120 e. The number of rotatable bonds is 3. The van der Waals surface area contributed by atoms with E-state index in [4.69, 9.17) is 4.74 Å². The smallest absolute Gasteiger partial charge is 0.120 e. The molecule has 100 valence electrons. The third-order valence-corrected chi connectivity index (χ3v) is 2.34. The van der Waals surface area contributed by atoms with E-state index in [0.29, 0.717) is 5.41 Å². The molecule has 0 amide bonds. The first kappa shape index (κ1) is 14.8. The van der Waals surface area contributed by atoms with Crippen molar-refractivity contribution in [2.24, 2.45) is 5.41 Å². The minimum Gasteiger partial charge on any atom is -0.488 e. The Morgan fingerprint density at radius 2 is 1.50 bits per heavy atom. The Balaban J connectivity index is 2.61. The van der Waals surface area contributed by atoms with Gasteiger partial charge in [0, 0.05) is 0 Å². The van der Waals surface area contributed by atoms with Crippen LogP contribution in [0.4, 0.5) is 0 Å². The molecule has 0 bridgehead atoms. The van der Waals surface area contributed by atoms with Crippen LogP contribution in [0.3, 0.4) is 0 Å². The van der Waals surface area contributed by atoms with Crippen molar-refractivity contribution in [1.82, 2.24) is 0 Å². The van der Waals surface area contributed by atoms with Gasteiger partial charge >= 0.3 is 0 Å². The van der Waals surface area contributed by atoms with Crippen LogP contribution in [-0.4, -0.2) is 5.60 Å². The minimum atomic E-state index is -0.135. The normalized spacial score (nSPS) is 13.0. The van der Waals surface area contributed by atoms with Crippen molar-refractivity contribution in [2.45, 2.75) is 53.6 Å². The summed E-state index contributed by atoms with van der Waals surface area (Å²) in [7, 11) is 0. The Bertz CT molecular complexity index is 385. The highest BCUT2D eigenvalue weighted by atomic mass is 16.5. The Morgan fingerprint density at radius 3 is 1.94 bits per heavy atom. The van der Waals surface area contributed by atoms with Crippen LogP contribution in [0.5, 0.6) is 5.75 Å². The summed E-state index contributed by atoms with van der Waals surface area (Å²) < 4.78 is 5.79. The molecular formula is C17H26O. The fraction of sp³-hybridized carbons (Fsp3) is 0.529. The molecule has 0 heterocycles. The fourth-order valence-corrected chi connectivity index (χ4v) is 1.55. The Kier molecular flexibility index (Phi) is 4.61. The van der Waals surface area contributed by atoms with Crippen LogP contribution in [0, 0.1) is 5.41 Å². The first-order valence-corrected chi connectivity index (χ1v) is 6.61. The van der Waals surface area contributed by atoms with E-state index in [-0.39, 0.29) is 5.60 Å². The molecule has 0 atom stereocenters. The van der Waals surface area contributed by atoms with Gasteiger partial charge in [-0.15, -0.1) is 0 Å². The van der Waals surface area contributed by atoms with Crippen molar-refractivity contribution >= 4 is 6.08 Å². The first-order valence-electron chi connectivity index (χ1n) is 6.61. The van der Waals surface area contributed by atoms with E-state index in [2.05, 4.69) is 65.8 Å². The van der Waals surface area contributed by atoms with Gasteiger partial charge in [0.25, 0.3) is 0 Å². The van der Waals surface area contributed by atoms with Crippen molar-refractivity contribution in [2.75, 3.05) is 0 Å². The highest BCUT2D eigenvalue weighted by molar-refractivity contribution is 5.50. The zero-order valence-corrected chi connectivity index (χ0v) is 12.6. The predicted octanol–water partition coefficient (Wildman–Crippen LogP) is 5.31. The molecule has 18 heavy (non-hydrogen) atoms. The van der Waals surface area contributed by atoms with Gasteiger partial charge in [0.15, 0.2) is 0 Å². The highest BCUT2D eigenvalue weighted by Gasteiger charge is 2.11. The maximum absolute atomic E-state index is 5.79. The molecular weight excluding hydrogens is 220 g/mol. The topological polar surface area (TPSA) is 9.23 Å². The van der Waals surface area contributed by atoms with Gasteiger partial charge in [-0.2, -0.15) is 0 Å². The van der Waals surface area contributed by atoms with Gasteiger partial charge < -0.3 is 4.74 Å². The summed E-state index contributed by atoms with van der Waals surface area (Å²) >= 11 is 0. The molecule has 0 aromatic heterocycles. The SMILES string of the molecule is CC(C)(C)C/C=C/c1ccc(OC(C)(C)C)cc1. The summed E-state index contributed by atoms with van der Waals surface area (Å²) in [5, 5.41) is 0. The highest BCUT2D eigenvalue weighted by Crippen LogP contribution is 2.21. The quantitative estimate of drug-likeness (QED) is 0.702. The molecule has 0 spiro atoms. The standard InChI is InChI=1S/C17H26O/c1-16(2,3)13-7-8-14-9-11-15(12-10-14)18-17(4,5)6/h7-12H,13H2,1-6H3/b8-7+. The molecule has 0 aliphatic carbocycles. The summed E-state index contributed by atoms with van der Waals surface area (Å²) in [6.45, 7) is 12.9. The number of ether oxygens (including phenoxy) is 1. The zero-order valence-electron chi connectivity index (χ0n) is 12.6. The lowest BCUT2D eigenvalue weighted by molar-refractivity contribution is 0.131. The summed E-state index contributed by atoms with van der Waals surface area (Å²) in [4.78, 5) is 0. The van der Waals surface area contributed by atoms with Crippen LogP contribution in [0.2, 0.25) is 0 Å². The molecule has 0 saturated heterocycles. The van der Waals surface area contributed by atoms with E-state index in [9.17, 15) is 0 Å². The van der Waals surface area contributed by atoms with Crippen molar-refractivity contribution < 1.29 is 4.74 Å². The average molecular weight is 246 g/mol. The lowest BCUT2D eigenvalue weighted by atomic mass is 9.92. The fourth-order valence-electron chi connectivity index (χ4n) is 1.55. The van der Waals surface area contributed by atoms with E-state index in [0.717, 1.165) is 12.2 Å². The van der Waals surface area contributed by atoms with Gasteiger partial charge in [0.1, 0.15) is 11.4 Å². The monoisotopic (exact) mass is 246 g/mol. The summed E-state index contributed by atoms with van der Waals surface area (Å²) in [5.41, 5.74) is 1.44. The molecule has 1 aromatic carbocycles. The third kappa shape index (κ3) is 6.48. The Labute approximate surface area is 112 Å². The second-order valence-electron chi connectivity index (χ2n) is 6.95. The summed E-state index contributed by atoms with van der Waals surface area (Å²) in [6, 6.07) is 8.25. The number of allylic oxidation sites excluding steroid dienone is 1. The van der Waals surface area contributed by atoms with Gasteiger partial charge in [0.2, 0.25) is 0 Å². The van der Waals surface area contributed by atoms with Crippen LogP contribution < -0.4 is 4.74 Å². The number of benzene rings is 1. The van der Waals surface area contributed by atoms with Gasteiger partial charge in [0.05, 0.1) is 0 Å². The number of hydrogen-bond acceptors (Lipinski definition) is 1. The first-order chi connectivity index (χ1) is 8.16. The lowest BCUT2D eigenvalue weighted by Gasteiger charge is -2.21. The van der Waals surface area contributed by atoms with E-state index in [1.807, 2.05) is 12.1 Å². The summed E-state index contributed by atoms with van der Waals surface area (Å²) in [6.07, 6.45) is 5.50. The van der Waals surface area contributed by atoms with Gasteiger partial charge in [-0.3, -0.25) is 0 Å². The van der Waals surface area contributed by atoms with Gasteiger partial charge in [-0.05, 0) is 50.3 Å². The molecule has 1 rings (SSSR count). The predicted molar refractivity (Wildman–Crippen MR) is 79.9 cm³/mol. The molecule has 0 aliphatic rings. The van der Waals surface area contributed by atoms with Crippen molar-refractivity contribution in [3.63, 3.8) is 0 Å². The Hall–Kier alpha value is -1.24. The minimum absolute atomic E-state index is 0.135. The maximum atomic E-state index is 5.79. The second-order valence-corrected chi connectivity index (χ2v) is 6.95. The van der Waals surface area contributed by atoms with Crippen LogP contribution in [0.25, 0.3) is 6.08 Å². The third-order valence-electron chi connectivity index (χ3n) is 2.34. The van der Waals surface area contributed by atoms with Crippen molar-refractivity contribution in [3.8, 4) is 5.75 Å². The second kappa shape index (κ2) is 5.60. The molecule has 1 heteroatoms. The van der Waals surface area contributed by atoms with E-state index < -0.39 is 0 Å². The van der Waals surface area contributed by atoms with E-state index >= 15 is 0 Å².